The van der Waals surface area contributed by atoms with Crippen LogP contribution in [0, 0.1) is 6.92 Å². The number of rotatable bonds is 6. The lowest BCUT2D eigenvalue weighted by molar-refractivity contribution is 0.248. The summed E-state index contributed by atoms with van der Waals surface area (Å²) in [5.41, 5.74) is 3.81. The van der Waals surface area contributed by atoms with E-state index in [0.29, 0.717) is 23.2 Å². The molecule has 0 aliphatic rings. The average molecular weight is 381 g/mol. The van der Waals surface area contributed by atoms with E-state index in [4.69, 9.17) is 18.6 Å². The van der Waals surface area contributed by atoms with Gasteiger partial charge in [-0.25, -0.2) is 19.2 Å². The molecule has 3 heterocycles. The Morgan fingerprint density at radius 1 is 1.18 bits per heavy atom. The molecule has 4 aromatic rings. The van der Waals surface area contributed by atoms with Gasteiger partial charge in [-0.3, -0.25) is 0 Å². The smallest absolute Gasteiger partial charge is 0.470 e. The Morgan fingerprint density at radius 2 is 1.96 bits per heavy atom. The normalized spacial score (nSPS) is 12.7. The molecule has 1 atom stereocenters. The predicted molar refractivity (Wildman–Crippen MR) is 105 cm³/mol. The number of aromatic nitrogens is 3. The third-order valence-corrected chi connectivity index (χ3v) is 5.14. The van der Waals surface area contributed by atoms with Gasteiger partial charge in [0.1, 0.15) is 0 Å². The maximum atomic E-state index is 11.4. The SMILES string of the molecule is CCc1c(C(C)CC)nc2nc3ccccc3n2c1OCc1oc(=O)oc1C. The van der Waals surface area contributed by atoms with Crippen molar-refractivity contribution in [2.45, 2.75) is 53.1 Å². The summed E-state index contributed by atoms with van der Waals surface area (Å²) in [5.74, 6) is 1.64. The lowest BCUT2D eigenvalue weighted by Gasteiger charge is -2.18. The topological polar surface area (TPSA) is 82.8 Å². The molecule has 1 aromatic carbocycles. The number of ether oxygens (including phenoxy) is 1. The summed E-state index contributed by atoms with van der Waals surface area (Å²) < 4.78 is 18.2. The Bertz CT molecular complexity index is 1200. The summed E-state index contributed by atoms with van der Waals surface area (Å²) in [5, 5.41) is 0. The Labute approximate surface area is 162 Å². The molecule has 0 aliphatic carbocycles. The second-order valence-corrected chi connectivity index (χ2v) is 6.90. The fraction of sp³-hybridized carbons (Fsp3) is 0.381. The zero-order valence-corrected chi connectivity index (χ0v) is 16.5. The van der Waals surface area contributed by atoms with Crippen LogP contribution in [0.4, 0.5) is 0 Å². The molecule has 7 heteroatoms. The number of aryl methyl sites for hydroxylation is 1. The van der Waals surface area contributed by atoms with E-state index < -0.39 is 5.82 Å². The minimum atomic E-state index is -0.722. The Kier molecular flexibility index (Phi) is 4.66. The highest BCUT2D eigenvalue weighted by molar-refractivity contribution is 5.80. The molecular weight excluding hydrogens is 358 g/mol. The quantitative estimate of drug-likeness (QED) is 0.492. The van der Waals surface area contributed by atoms with Crippen LogP contribution >= 0.6 is 0 Å². The van der Waals surface area contributed by atoms with Crippen LogP contribution in [-0.4, -0.2) is 14.4 Å². The van der Waals surface area contributed by atoms with Crippen molar-refractivity contribution in [3.63, 3.8) is 0 Å². The van der Waals surface area contributed by atoms with Crippen molar-refractivity contribution in [1.82, 2.24) is 14.4 Å². The minimum Gasteiger partial charge on any atom is -0.470 e. The van der Waals surface area contributed by atoms with E-state index in [9.17, 15) is 4.79 Å². The molecule has 0 N–H and O–H groups in total. The highest BCUT2D eigenvalue weighted by Gasteiger charge is 2.22. The van der Waals surface area contributed by atoms with Crippen LogP contribution in [0.5, 0.6) is 5.88 Å². The molecule has 1 unspecified atom stereocenters. The van der Waals surface area contributed by atoms with Crippen LogP contribution < -0.4 is 10.6 Å². The fourth-order valence-electron chi connectivity index (χ4n) is 3.43. The summed E-state index contributed by atoms with van der Waals surface area (Å²) in [7, 11) is 0. The standard InChI is InChI=1S/C21H23N3O4/c1-5-12(3)18-14(6-2)19(26-11-17-13(4)27-21(25)28-17)24-16-10-8-7-9-15(16)22-20(24)23-18/h7-10,12H,5-6,11H2,1-4H3. The summed E-state index contributed by atoms with van der Waals surface area (Å²) in [6, 6.07) is 7.87. The molecule has 0 bridgehead atoms. The van der Waals surface area contributed by atoms with Gasteiger partial charge >= 0.3 is 5.82 Å². The highest BCUT2D eigenvalue weighted by Crippen LogP contribution is 2.33. The molecule has 0 fully saturated rings. The van der Waals surface area contributed by atoms with Crippen LogP contribution in [-0.2, 0) is 13.0 Å². The van der Waals surface area contributed by atoms with Crippen LogP contribution in [0.25, 0.3) is 16.8 Å². The number of benzene rings is 1. The van der Waals surface area contributed by atoms with Crippen molar-refractivity contribution in [3.8, 4) is 5.88 Å². The molecule has 0 saturated carbocycles. The Balaban J connectivity index is 1.94. The molecule has 0 amide bonds. The second-order valence-electron chi connectivity index (χ2n) is 6.90. The van der Waals surface area contributed by atoms with Gasteiger partial charge in [0.2, 0.25) is 11.7 Å². The Hall–Kier alpha value is -3.09. The zero-order chi connectivity index (χ0) is 19.8. The van der Waals surface area contributed by atoms with Crippen LogP contribution in [0.3, 0.4) is 0 Å². The molecule has 4 rings (SSSR count). The number of nitrogens with zero attached hydrogens (tertiary/aromatic N) is 3. The molecule has 0 aliphatic heterocycles. The van der Waals surface area contributed by atoms with E-state index in [2.05, 4.69) is 25.8 Å². The van der Waals surface area contributed by atoms with Gasteiger partial charge < -0.3 is 13.6 Å². The van der Waals surface area contributed by atoms with Crippen LogP contribution in [0.15, 0.2) is 37.9 Å². The van der Waals surface area contributed by atoms with E-state index in [1.807, 2.05) is 28.7 Å². The second kappa shape index (κ2) is 7.14. The van der Waals surface area contributed by atoms with Crippen molar-refractivity contribution in [2.75, 3.05) is 0 Å². The summed E-state index contributed by atoms with van der Waals surface area (Å²) >= 11 is 0. The first kappa shape index (κ1) is 18.3. The largest absolute Gasteiger partial charge is 0.519 e. The van der Waals surface area contributed by atoms with Gasteiger partial charge in [0.05, 0.1) is 16.7 Å². The molecule has 3 aromatic heterocycles. The van der Waals surface area contributed by atoms with Crippen LogP contribution in [0.2, 0.25) is 0 Å². The van der Waals surface area contributed by atoms with E-state index in [-0.39, 0.29) is 12.5 Å². The van der Waals surface area contributed by atoms with Crippen LogP contribution in [0.1, 0.15) is 55.9 Å². The fourth-order valence-corrected chi connectivity index (χ4v) is 3.43. The summed E-state index contributed by atoms with van der Waals surface area (Å²) in [4.78, 5) is 20.9. The number of hydrogen-bond acceptors (Lipinski definition) is 6. The molecule has 28 heavy (non-hydrogen) atoms. The average Bonchev–Trinajstić information content (AvgIpc) is 3.23. The first-order valence-electron chi connectivity index (χ1n) is 9.55. The minimum absolute atomic E-state index is 0.0934. The lowest BCUT2D eigenvalue weighted by Crippen LogP contribution is -2.11. The zero-order valence-electron chi connectivity index (χ0n) is 16.5. The number of fused-ring (bicyclic) bond motifs is 3. The number of para-hydroxylation sites is 2. The van der Waals surface area contributed by atoms with E-state index >= 15 is 0 Å². The lowest BCUT2D eigenvalue weighted by atomic mass is 9.99. The molecular formula is C21H23N3O4. The third kappa shape index (κ3) is 2.96. The summed E-state index contributed by atoms with van der Waals surface area (Å²) in [6.45, 7) is 8.16. The van der Waals surface area contributed by atoms with Crippen molar-refractivity contribution < 1.29 is 13.6 Å². The molecule has 0 spiro atoms. The monoisotopic (exact) mass is 381 g/mol. The highest BCUT2D eigenvalue weighted by atomic mass is 16.6. The van der Waals surface area contributed by atoms with E-state index in [0.717, 1.165) is 35.1 Å². The van der Waals surface area contributed by atoms with E-state index in [1.54, 1.807) is 6.92 Å². The molecule has 146 valence electrons. The molecule has 0 radical (unpaired) electrons. The summed E-state index contributed by atoms with van der Waals surface area (Å²) in [6.07, 6.45) is 1.73. The number of imidazole rings is 1. The van der Waals surface area contributed by atoms with Gasteiger partial charge in [-0.1, -0.05) is 32.9 Å². The van der Waals surface area contributed by atoms with Crippen molar-refractivity contribution >= 4 is 16.8 Å². The Morgan fingerprint density at radius 3 is 2.64 bits per heavy atom. The number of hydrogen-bond donors (Lipinski definition) is 0. The van der Waals surface area contributed by atoms with Gasteiger partial charge in [-0.2, -0.15) is 0 Å². The first-order chi connectivity index (χ1) is 13.5. The van der Waals surface area contributed by atoms with E-state index in [1.165, 1.54) is 0 Å². The van der Waals surface area contributed by atoms with Gasteiger partial charge in [-0.05, 0) is 37.8 Å². The van der Waals surface area contributed by atoms with Gasteiger partial charge in [0, 0.05) is 5.56 Å². The molecule has 0 saturated heterocycles. The maximum absolute atomic E-state index is 11.4. The van der Waals surface area contributed by atoms with Crippen molar-refractivity contribution in [2.24, 2.45) is 0 Å². The van der Waals surface area contributed by atoms with Gasteiger partial charge in [0.15, 0.2) is 18.1 Å². The van der Waals surface area contributed by atoms with Gasteiger partial charge in [0.25, 0.3) is 0 Å². The van der Waals surface area contributed by atoms with Crippen molar-refractivity contribution in [1.29, 1.82) is 0 Å². The third-order valence-electron chi connectivity index (χ3n) is 5.14. The predicted octanol–water partition coefficient (Wildman–Crippen LogP) is 4.39. The molecule has 7 nitrogen and oxygen atoms in total. The van der Waals surface area contributed by atoms with Gasteiger partial charge in [-0.15, -0.1) is 0 Å². The van der Waals surface area contributed by atoms with Crippen molar-refractivity contribution in [3.05, 3.63) is 57.7 Å². The maximum Gasteiger partial charge on any atom is 0.519 e. The first-order valence-corrected chi connectivity index (χ1v) is 9.55.